The molecular weight excluding hydrogens is 180 g/mol. The fraction of sp³-hybridized carbons (Fsp3) is 0.900. The maximum atomic E-state index is 11.6. The van der Waals surface area contributed by atoms with Crippen molar-refractivity contribution in [3.8, 4) is 0 Å². The third kappa shape index (κ3) is 3.27. The molecule has 1 rings (SSSR count). The molecule has 3 N–H and O–H groups in total. The summed E-state index contributed by atoms with van der Waals surface area (Å²) in [5.74, 6) is 0.246. The van der Waals surface area contributed by atoms with Crippen LogP contribution in [0, 0.1) is 5.92 Å². The second-order valence-electron chi connectivity index (χ2n) is 4.06. The Hall–Kier alpha value is -0.610. The number of ether oxygens (including phenoxy) is 1. The molecule has 0 aromatic carbocycles. The van der Waals surface area contributed by atoms with E-state index in [4.69, 9.17) is 10.5 Å². The summed E-state index contributed by atoms with van der Waals surface area (Å²) in [5.41, 5.74) is 5.74. The number of methoxy groups -OCH3 is 1. The number of nitrogens with two attached hydrogens (primary N) is 1. The van der Waals surface area contributed by atoms with Gasteiger partial charge in [-0.3, -0.25) is 4.79 Å². The first kappa shape index (κ1) is 11.5. The van der Waals surface area contributed by atoms with Gasteiger partial charge in [0.15, 0.2) is 0 Å². The minimum Gasteiger partial charge on any atom is -0.380 e. The lowest BCUT2D eigenvalue weighted by atomic mass is 10.1. The zero-order valence-corrected chi connectivity index (χ0v) is 8.95. The van der Waals surface area contributed by atoms with Gasteiger partial charge in [0.25, 0.3) is 0 Å². The summed E-state index contributed by atoms with van der Waals surface area (Å²) in [6.45, 7) is 2.52. The van der Waals surface area contributed by atoms with Crippen molar-refractivity contribution in [2.45, 2.75) is 38.3 Å². The van der Waals surface area contributed by atoms with E-state index < -0.39 is 0 Å². The van der Waals surface area contributed by atoms with E-state index >= 15 is 0 Å². The van der Waals surface area contributed by atoms with Crippen LogP contribution in [-0.4, -0.2) is 31.7 Å². The van der Waals surface area contributed by atoms with Gasteiger partial charge in [0.2, 0.25) is 5.91 Å². The van der Waals surface area contributed by atoms with Crippen LogP contribution < -0.4 is 11.1 Å². The van der Waals surface area contributed by atoms with E-state index in [2.05, 4.69) is 5.32 Å². The second-order valence-corrected chi connectivity index (χ2v) is 4.06. The van der Waals surface area contributed by atoms with Crippen molar-refractivity contribution in [3.05, 3.63) is 0 Å². The summed E-state index contributed by atoms with van der Waals surface area (Å²) in [6, 6.07) is 0.214. The zero-order chi connectivity index (χ0) is 10.6. The van der Waals surface area contributed by atoms with Crippen LogP contribution in [0.1, 0.15) is 26.2 Å². The molecule has 4 heteroatoms. The highest BCUT2D eigenvalue weighted by atomic mass is 16.5. The molecule has 0 bridgehead atoms. The van der Waals surface area contributed by atoms with Crippen LogP contribution in [0.4, 0.5) is 0 Å². The van der Waals surface area contributed by atoms with E-state index in [1.807, 2.05) is 6.92 Å². The standard InChI is InChI=1S/C10H20N2O2/c1-7(14-2)6-12-10(13)8-3-4-9(11)5-8/h7-9H,3-6,11H2,1-2H3,(H,12,13). The summed E-state index contributed by atoms with van der Waals surface area (Å²) in [7, 11) is 1.64. The SMILES string of the molecule is COC(C)CNC(=O)C1CCC(N)C1. The molecule has 0 aromatic rings. The first-order valence-corrected chi connectivity index (χ1v) is 5.19. The molecule has 82 valence electrons. The van der Waals surface area contributed by atoms with Gasteiger partial charge in [-0.15, -0.1) is 0 Å². The Kier molecular flexibility index (Phi) is 4.35. The van der Waals surface area contributed by atoms with Gasteiger partial charge >= 0.3 is 0 Å². The first-order chi connectivity index (χ1) is 6.63. The fourth-order valence-electron chi connectivity index (χ4n) is 1.73. The van der Waals surface area contributed by atoms with E-state index in [1.54, 1.807) is 7.11 Å². The van der Waals surface area contributed by atoms with Crippen LogP contribution in [0.25, 0.3) is 0 Å². The lowest BCUT2D eigenvalue weighted by Gasteiger charge is -2.13. The maximum absolute atomic E-state index is 11.6. The van der Waals surface area contributed by atoms with Gasteiger partial charge in [-0.05, 0) is 26.2 Å². The van der Waals surface area contributed by atoms with Crippen molar-refractivity contribution in [2.24, 2.45) is 11.7 Å². The third-order valence-electron chi connectivity index (χ3n) is 2.81. The molecule has 3 unspecified atom stereocenters. The molecule has 1 amide bonds. The van der Waals surface area contributed by atoms with E-state index in [0.717, 1.165) is 19.3 Å². The van der Waals surface area contributed by atoms with Crippen LogP contribution in [0.2, 0.25) is 0 Å². The predicted octanol–water partition coefficient (Wildman–Crippen LogP) is 0.265. The second kappa shape index (κ2) is 5.32. The molecule has 0 aliphatic heterocycles. The normalized spacial score (nSPS) is 28.8. The van der Waals surface area contributed by atoms with Gasteiger partial charge in [0.1, 0.15) is 0 Å². The number of carbonyl (C=O) groups is 1. The Morgan fingerprint density at radius 3 is 2.86 bits per heavy atom. The van der Waals surface area contributed by atoms with Crippen molar-refractivity contribution in [1.82, 2.24) is 5.32 Å². The lowest BCUT2D eigenvalue weighted by Crippen LogP contribution is -2.35. The van der Waals surface area contributed by atoms with Crippen LogP contribution >= 0.6 is 0 Å². The predicted molar refractivity (Wildman–Crippen MR) is 54.8 cm³/mol. The van der Waals surface area contributed by atoms with Gasteiger partial charge in [-0.2, -0.15) is 0 Å². The quantitative estimate of drug-likeness (QED) is 0.684. The van der Waals surface area contributed by atoms with Crippen LogP contribution in [0.3, 0.4) is 0 Å². The van der Waals surface area contributed by atoms with Crippen molar-refractivity contribution in [3.63, 3.8) is 0 Å². The summed E-state index contributed by atoms with van der Waals surface area (Å²) >= 11 is 0. The number of amides is 1. The highest BCUT2D eigenvalue weighted by Crippen LogP contribution is 2.23. The van der Waals surface area contributed by atoms with Gasteiger partial charge in [0, 0.05) is 25.6 Å². The average Bonchev–Trinajstić information content (AvgIpc) is 2.60. The average molecular weight is 200 g/mol. The number of hydrogen-bond donors (Lipinski definition) is 2. The molecule has 0 spiro atoms. The molecule has 14 heavy (non-hydrogen) atoms. The Morgan fingerprint density at radius 1 is 1.64 bits per heavy atom. The highest BCUT2D eigenvalue weighted by molar-refractivity contribution is 5.79. The summed E-state index contributed by atoms with van der Waals surface area (Å²) in [4.78, 5) is 11.6. The molecule has 1 aliphatic carbocycles. The molecule has 0 heterocycles. The number of carbonyl (C=O) groups excluding carboxylic acids is 1. The van der Waals surface area contributed by atoms with E-state index in [1.165, 1.54) is 0 Å². The number of nitrogens with one attached hydrogen (secondary N) is 1. The molecule has 1 fully saturated rings. The van der Waals surface area contributed by atoms with E-state index in [9.17, 15) is 4.79 Å². The van der Waals surface area contributed by atoms with Crippen molar-refractivity contribution >= 4 is 5.91 Å². The van der Waals surface area contributed by atoms with Crippen LogP contribution in [0.5, 0.6) is 0 Å². The minimum absolute atomic E-state index is 0.0778. The molecule has 3 atom stereocenters. The fourth-order valence-corrected chi connectivity index (χ4v) is 1.73. The molecular formula is C10H20N2O2. The van der Waals surface area contributed by atoms with Gasteiger partial charge in [0.05, 0.1) is 6.10 Å². The minimum atomic E-state index is 0.0778. The van der Waals surface area contributed by atoms with E-state index in [0.29, 0.717) is 6.54 Å². The smallest absolute Gasteiger partial charge is 0.223 e. The first-order valence-electron chi connectivity index (χ1n) is 5.19. The lowest BCUT2D eigenvalue weighted by molar-refractivity contribution is -0.125. The molecule has 0 radical (unpaired) electrons. The van der Waals surface area contributed by atoms with Crippen LogP contribution in [-0.2, 0) is 9.53 Å². The van der Waals surface area contributed by atoms with Crippen molar-refractivity contribution in [1.29, 1.82) is 0 Å². The highest BCUT2D eigenvalue weighted by Gasteiger charge is 2.27. The van der Waals surface area contributed by atoms with Gasteiger partial charge in [-0.25, -0.2) is 0 Å². The Balaban J connectivity index is 2.22. The Bertz CT molecular complexity index is 197. The third-order valence-corrected chi connectivity index (χ3v) is 2.81. The molecule has 1 saturated carbocycles. The molecule has 0 saturated heterocycles. The van der Waals surface area contributed by atoms with Crippen molar-refractivity contribution in [2.75, 3.05) is 13.7 Å². The van der Waals surface area contributed by atoms with Crippen molar-refractivity contribution < 1.29 is 9.53 Å². The van der Waals surface area contributed by atoms with E-state index in [-0.39, 0.29) is 24.0 Å². The molecule has 1 aliphatic rings. The summed E-state index contributed by atoms with van der Waals surface area (Å²) in [6.07, 6.45) is 2.80. The zero-order valence-electron chi connectivity index (χ0n) is 8.95. The molecule has 4 nitrogen and oxygen atoms in total. The monoisotopic (exact) mass is 200 g/mol. The molecule has 0 aromatic heterocycles. The number of rotatable bonds is 4. The Morgan fingerprint density at radius 2 is 2.36 bits per heavy atom. The Labute approximate surface area is 85.2 Å². The summed E-state index contributed by atoms with van der Waals surface area (Å²) < 4.78 is 5.04. The van der Waals surface area contributed by atoms with Gasteiger partial charge in [-0.1, -0.05) is 0 Å². The largest absolute Gasteiger partial charge is 0.380 e. The number of hydrogen-bond acceptors (Lipinski definition) is 3. The topological polar surface area (TPSA) is 64.3 Å². The summed E-state index contributed by atoms with van der Waals surface area (Å²) in [5, 5.41) is 2.88. The van der Waals surface area contributed by atoms with Gasteiger partial charge < -0.3 is 15.8 Å². The maximum Gasteiger partial charge on any atom is 0.223 e. The van der Waals surface area contributed by atoms with Crippen LogP contribution in [0.15, 0.2) is 0 Å².